The van der Waals surface area contributed by atoms with Crippen LogP contribution in [-0.2, 0) is 16.0 Å². The van der Waals surface area contributed by atoms with E-state index in [0.717, 1.165) is 0 Å². The number of hydrogen-bond donors (Lipinski definition) is 2. The molecule has 0 heterocycles. The SMILES string of the molecule is NCC(=O)C(CC(=O)O)Cc1ccc([N+](=O)[O-])cc1. The number of rotatable bonds is 7. The van der Waals surface area contributed by atoms with Gasteiger partial charge < -0.3 is 10.8 Å². The van der Waals surface area contributed by atoms with E-state index in [2.05, 4.69) is 0 Å². The van der Waals surface area contributed by atoms with Gasteiger partial charge in [-0.25, -0.2) is 0 Å². The molecule has 0 spiro atoms. The van der Waals surface area contributed by atoms with E-state index >= 15 is 0 Å². The molecule has 0 aromatic heterocycles. The Morgan fingerprint density at radius 3 is 2.32 bits per heavy atom. The molecule has 1 unspecified atom stereocenters. The summed E-state index contributed by atoms with van der Waals surface area (Å²) in [6.45, 7) is -0.217. The van der Waals surface area contributed by atoms with E-state index in [1.165, 1.54) is 24.3 Å². The molecule has 0 radical (unpaired) electrons. The molecule has 0 aliphatic carbocycles. The quantitative estimate of drug-likeness (QED) is 0.554. The summed E-state index contributed by atoms with van der Waals surface area (Å²) in [5.41, 5.74) is 5.85. The van der Waals surface area contributed by atoms with Crippen molar-refractivity contribution >= 4 is 17.4 Å². The highest BCUT2D eigenvalue weighted by Gasteiger charge is 2.21. The molecule has 19 heavy (non-hydrogen) atoms. The number of ketones is 1. The molecule has 1 aromatic rings. The van der Waals surface area contributed by atoms with Crippen LogP contribution in [-0.4, -0.2) is 28.3 Å². The summed E-state index contributed by atoms with van der Waals surface area (Å²) in [6.07, 6.45) is -0.0899. The van der Waals surface area contributed by atoms with Crippen molar-refractivity contribution in [3.05, 3.63) is 39.9 Å². The number of carbonyl (C=O) groups is 2. The molecule has 0 saturated carbocycles. The molecule has 0 fully saturated rings. The van der Waals surface area contributed by atoms with Crippen molar-refractivity contribution in [2.75, 3.05) is 6.54 Å². The number of carboxylic acid groups (broad SMARTS) is 1. The number of hydrogen-bond acceptors (Lipinski definition) is 5. The van der Waals surface area contributed by atoms with Crippen LogP contribution in [0.5, 0.6) is 0 Å². The topological polar surface area (TPSA) is 124 Å². The van der Waals surface area contributed by atoms with Gasteiger partial charge in [0.05, 0.1) is 17.9 Å². The van der Waals surface area contributed by atoms with Crippen molar-refractivity contribution in [3.8, 4) is 0 Å². The Balaban J connectivity index is 2.81. The maximum absolute atomic E-state index is 11.5. The number of nitro groups is 1. The van der Waals surface area contributed by atoms with Gasteiger partial charge in [0, 0.05) is 18.1 Å². The van der Waals surface area contributed by atoms with Crippen LogP contribution in [0, 0.1) is 16.0 Å². The van der Waals surface area contributed by atoms with Gasteiger partial charge in [-0.15, -0.1) is 0 Å². The normalized spacial score (nSPS) is 11.8. The second-order valence-corrected chi connectivity index (χ2v) is 4.09. The number of nitro benzene ring substituents is 1. The lowest BCUT2D eigenvalue weighted by molar-refractivity contribution is -0.384. The summed E-state index contributed by atoms with van der Waals surface area (Å²) in [7, 11) is 0. The monoisotopic (exact) mass is 266 g/mol. The first-order valence-electron chi connectivity index (χ1n) is 5.62. The first-order chi connectivity index (χ1) is 8.93. The fourth-order valence-electron chi connectivity index (χ4n) is 1.72. The third-order valence-corrected chi connectivity index (χ3v) is 2.71. The molecular weight excluding hydrogens is 252 g/mol. The van der Waals surface area contributed by atoms with Gasteiger partial charge in [-0.3, -0.25) is 19.7 Å². The highest BCUT2D eigenvalue weighted by atomic mass is 16.6. The van der Waals surface area contributed by atoms with Crippen LogP contribution >= 0.6 is 0 Å². The van der Waals surface area contributed by atoms with Crippen LogP contribution in [0.2, 0.25) is 0 Å². The van der Waals surface area contributed by atoms with E-state index in [-0.39, 0.29) is 30.9 Å². The number of nitrogens with two attached hydrogens (primary N) is 1. The summed E-state index contributed by atoms with van der Waals surface area (Å²) < 4.78 is 0. The lowest BCUT2D eigenvalue weighted by Crippen LogP contribution is -2.27. The van der Waals surface area contributed by atoms with E-state index in [4.69, 9.17) is 10.8 Å². The third-order valence-electron chi connectivity index (χ3n) is 2.71. The molecule has 0 bridgehead atoms. The zero-order chi connectivity index (χ0) is 14.4. The number of nitrogens with zero attached hydrogens (tertiary/aromatic N) is 1. The minimum absolute atomic E-state index is 0.0521. The first kappa shape index (κ1) is 14.8. The second kappa shape index (κ2) is 6.60. The van der Waals surface area contributed by atoms with Crippen LogP contribution in [0.15, 0.2) is 24.3 Å². The van der Waals surface area contributed by atoms with Gasteiger partial charge in [0.25, 0.3) is 5.69 Å². The van der Waals surface area contributed by atoms with Gasteiger partial charge in [0.15, 0.2) is 0 Å². The van der Waals surface area contributed by atoms with Crippen LogP contribution in [0.3, 0.4) is 0 Å². The zero-order valence-electron chi connectivity index (χ0n) is 10.1. The van der Waals surface area contributed by atoms with Crippen molar-refractivity contribution in [1.29, 1.82) is 0 Å². The Kier molecular flexibility index (Phi) is 5.13. The number of non-ortho nitro benzene ring substituents is 1. The standard InChI is InChI=1S/C12H14N2O5/c13-7-11(15)9(6-12(16)17)5-8-1-3-10(4-2-8)14(18)19/h1-4,9H,5-7,13H2,(H,16,17). The fourth-order valence-corrected chi connectivity index (χ4v) is 1.72. The molecule has 102 valence electrons. The molecule has 0 aliphatic rings. The molecule has 1 aromatic carbocycles. The van der Waals surface area contributed by atoms with Crippen molar-refractivity contribution in [3.63, 3.8) is 0 Å². The molecule has 1 rings (SSSR count). The summed E-state index contributed by atoms with van der Waals surface area (Å²) in [4.78, 5) is 32.2. The second-order valence-electron chi connectivity index (χ2n) is 4.09. The van der Waals surface area contributed by atoms with Crippen molar-refractivity contribution in [1.82, 2.24) is 0 Å². The van der Waals surface area contributed by atoms with Crippen LogP contribution in [0.4, 0.5) is 5.69 Å². The van der Waals surface area contributed by atoms with Crippen molar-refractivity contribution in [2.45, 2.75) is 12.8 Å². The van der Waals surface area contributed by atoms with Crippen molar-refractivity contribution < 1.29 is 19.6 Å². The van der Waals surface area contributed by atoms with E-state index in [1.807, 2.05) is 0 Å². The minimum atomic E-state index is -1.08. The number of benzene rings is 1. The largest absolute Gasteiger partial charge is 0.481 e. The van der Waals surface area contributed by atoms with Crippen LogP contribution < -0.4 is 5.73 Å². The van der Waals surface area contributed by atoms with Gasteiger partial charge in [-0.05, 0) is 12.0 Å². The van der Waals surface area contributed by atoms with Crippen LogP contribution in [0.1, 0.15) is 12.0 Å². The summed E-state index contributed by atoms with van der Waals surface area (Å²) in [5, 5.41) is 19.2. The first-order valence-corrected chi connectivity index (χ1v) is 5.62. The lowest BCUT2D eigenvalue weighted by atomic mass is 9.92. The van der Waals surface area contributed by atoms with Gasteiger partial charge >= 0.3 is 5.97 Å². The smallest absolute Gasteiger partial charge is 0.304 e. The predicted molar refractivity (Wildman–Crippen MR) is 66.6 cm³/mol. The Labute approximate surface area is 109 Å². The molecule has 7 heteroatoms. The van der Waals surface area contributed by atoms with E-state index in [9.17, 15) is 19.7 Å². The molecule has 1 atom stereocenters. The predicted octanol–water partition coefficient (Wildman–Crippen LogP) is 0.756. The summed E-state index contributed by atoms with van der Waals surface area (Å²) >= 11 is 0. The highest BCUT2D eigenvalue weighted by molar-refractivity contribution is 5.86. The molecule has 7 nitrogen and oxygen atoms in total. The maximum atomic E-state index is 11.5. The van der Waals surface area contributed by atoms with Gasteiger partial charge in [0.1, 0.15) is 5.78 Å². The average Bonchev–Trinajstić information content (AvgIpc) is 2.37. The fraction of sp³-hybridized carbons (Fsp3) is 0.333. The van der Waals surface area contributed by atoms with Crippen molar-refractivity contribution in [2.24, 2.45) is 11.7 Å². The minimum Gasteiger partial charge on any atom is -0.481 e. The number of carboxylic acids is 1. The van der Waals surface area contributed by atoms with E-state index < -0.39 is 16.8 Å². The van der Waals surface area contributed by atoms with Gasteiger partial charge in [-0.1, -0.05) is 12.1 Å². The Morgan fingerprint density at radius 2 is 1.89 bits per heavy atom. The van der Waals surface area contributed by atoms with E-state index in [1.54, 1.807) is 0 Å². The number of Topliss-reactive ketones (excluding diaryl/α,β-unsaturated/α-hetero) is 1. The van der Waals surface area contributed by atoms with Gasteiger partial charge in [-0.2, -0.15) is 0 Å². The molecule has 0 amide bonds. The maximum Gasteiger partial charge on any atom is 0.304 e. The van der Waals surface area contributed by atoms with Crippen LogP contribution in [0.25, 0.3) is 0 Å². The Hall–Kier alpha value is -2.28. The Morgan fingerprint density at radius 1 is 1.32 bits per heavy atom. The molecular formula is C12H14N2O5. The van der Waals surface area contributed by atoms with E-state index in [0.29, 0.717) is 5.56 Å². The summed E-state index contributed by atoms with van der Waals surface area (Å²) in [6, 6.07) is 5.66. The van der Waals surface area contributed by atoms with Gasteiger partial charge in [0.2, 0.25) is 0 Å². The molecule has 0 aliphatic heterocycles. The molecule has 3 N–H and O–H groups in total. The Bertz CT molecular complexity index is 483. The number of aliphatic carboxylic acids is 1. The molecule has 0 saturated heterocycles. The number of carbonyl (C=O) groups excluding carboxylic acids is 1. The zero-order valence-corrected chi connectivity index (χ0v) is 10.1. The highest BCUT2D eigenvalue weighted by Crippen LogP contribution is 2.17. The average molecular weight is 266 g/mol. The third kappa shape index (κ3) is 4.47. The lowest BCUT2D eigenvalue weighted by Gasteiger charge is -2.12. The summed E-state index contributed by atoms with van der Waals surface area (Å²) in [5.74, 6) is -2.11.